The standard InChI is InChI=1S/C23H20ClFN4O4S/c1-11-19(24)18-14(29(11)23(32)26-2)3-4-15(20(18)25)33-16-5-7-27-13-9-17(34-21(13)16)22(31)28-8-6-12(30)10-28/h3-5,7,9,12,30H,6,8,10H2,1-2H3,(H,26,32)/t12-/m0/s1. The van der Waals surface area contributed by atoms with Crippen molar-refractivity contribution >= 4 is 56.0 Å². The molecule has 11 heteroatoms. The molecule has 2 N–H and O–H groups in total. The van der Waals surface area contributed by atoms with E-state index in [9.17, 15) is 14.7 Å². The molecule has 0 radical (unpaired) electrons. The smallest absolute Gasteiger partial charge is 0.326 e. The maximum absolute atomic E-state index is 15.5. The SMILES string of the molecule is CNC(=O)n1c(C)c(Cl)c2c(F)c(Oc3ccnc4cc(C(=O)N5CC[C@H](O)C5)sc34)ccc21. The number of ether oxygens (including phenoxy) is 1. The molecule has 5 rings (SSSR count). The van der Waals surface area contributed by atoms with E-state index in [1.165, 1.54) is 35.2 Å². The van der Waals surface area contributed by atoms with E-state index in [1.807, 2.05) is 0 Å². The van der Waals surface area contributed by atoms with Crippen molar-refractivity contribution in [2.75, 3.05) is 20.1 Å². The number of rotatable bonds is 3. The van der Waals surface area contributed by atoms with Crippen LogP contribution in [0.2, 0.25) is 5.02 Å². The number of nitrogens with zero attached hydrogens (tertiary/aromatic N) is 3. The zero-order valence-electron chi connectivity index (χ0n) is 18.3. The lowest BCUT2D eigenvalue weighted by molar-refractivity contribution is 0.0769. The van der Waals surface area contributed by atoms with E-state index in [0.717, 1.165) is 0 Å². The molecule has 4 aromatic rings. The third kappa shape index (κ3) is 3.58. The quantitative estimate of drug-likeness (QED) is 0.429. The van der Waals surface area contributed by atoms with Crippen LogP contribution in [0.25, 0.3) is 21.1 Å². The Bertz CT molecular complexity index is 1470. The van der Waals surface area contributed by atoms with Crippen LogP contribution in [0.15, 0.2) is 30.5 Å². The molecular formula is C23H20ClFN4O4S. The molecule has 1 saturated heterocycles. The summed E-state index contributed by atoms with van der Waals surface area (Å²) in [6, 6.07) is 5.84. The minimum atomic E-state index is -0.697. The third-order valence-electron chi connectivity index (χ3n) is 5.87. The first-order chi connectivity index (χ1) is 16.3. The maximum Gasteiger partial charge on any atom is 0.326 e. The highest BCUT2D eigenvalue weighted by Gasteiger charge is 2.27. The second-order valence-electron chi connectivity index (χ2n) is 7.99. The summed E-state index contributed by atoms with van der Waals surface area (Å²) in [5.41, 5.74) is 1.28. The maximum atomic E-state index is 15.5. The van der Waals surface area contributed by atoms with E-state index >= 15 is 4.39 Å². The minimum Gasteiger partial charge on any atom is -0.453 e. The van der Waals surface area contributed by atoms with Crippen molar-refractivity contribution < 1.29 is 23.8 Å². The summed E-state index contributed by atoms with van der Waals surface area (Å²) in [6.45, 7) is 2.42. The summed E-state index contributed by atoms with van der Waals surface area (Å²) < 4.78 is 23.3. The Morgan fingerprint density at radius 3 is 2.82 bits per heavy atom. The van der Waals surface area contributed by atoms with Crippen molar-refractivity contribution in [1.29, 1.82) is 0 Å². The molecule has 1 aromatic carbocycles. The summed E-state index contributed by atoms with van der Waals surface area (Å²) in [7, 11) is 1.48. The van der Waals surface area contributed by atoms with Gasteiger partial charge in [-0.3, -0.25) is 14.3 Å². The van der Waals surface area contributed by atoms with Gasteiger partial charge in [0.25, 0.3) is 5.91 Å². The van der Waals surface area contributed by atoms with Crippen LogP contribution >= 0.6 is 22.9 Å². The number of aliphatic hydroxyl groups excluding tert-OH is 1. The zero-order chi connectivity index (χ0) is 24.1. The monoisotopic (exact) mass is 502 g/mol. The summed E-state index contributed by atoms with van der Waals surface area (Å²) in [5, 5.41) is 12.5. The number of pyridine rings is 1. The number of hydrogen-bond donors (Lipinski definition) is 2. The fraction of sp³-hybridized carbons (Fsp3) is 0.261. The van der Waals surface area contributed by atoms with Crippen molar-refractivity contribution in [2.24, 2.45) is 0 Å². The normalized spacial score (nSPS) is 15.9. The number of carbonyl (C=O) groups excluding carboxylic acids is 2. The molecule has 3 aromatic heterocycles. The van der Waals surface area contributed by atoms with Gasteiger partial charge in [-0.25, -0.2) is 9.18 Å². The Labute approximate surface area is 202 Å². The van der Waals surface area contributed by atoms with Gasteiger partial charge in [0, 0.05) is 38.1 Å². The summed E-state index contributed by atoms with van der Waals surface area (Å²) >= 11 is 7.57. The topological polar surface area (TPSA) is 96.7 Å². The highest BCUT2D eigenvalue weighted by atomic mass is 35.5. The average molecular weight is 503 g/mol. The molecule has 34 heavy (non-hydrogen) atoms. The predicted octanol–water partition coefficient (Wildman–Crippen LogP) is 4.54. The Hall–Kier alpha value is -3.21. The van der Waals surface area contributed by atoms with E-state index in [1.54, 1.807) is 30.0 Å². The number of halogens is 2. The first-order valence-electron chi connectivity index (χ1n) is 10.5. The van der Waals surface area contributed by atoms with Gasteiger partial charge in [0.1, 0.15) is 5.75 Å². The molecular weight excluding hydrogens is 483 g/mol. The van der Waals surface area contributed by atoms with E-state index in [0.29, 0.717) is 51.6 Å². The molecule has 0 unspecified atom stereocenters. The van der Waals surface area contributed by atoms with Crippen LogP contribution in [-0.4, -0.2) is 57.7 Å². The first kappa shape index (κ1) is 22.6. The number of hydrogen-bond acceptors (Lipinski definition) is 6. The van der Waals surface area contributed by atoms with Crippen molar-refractivity contribution in [1.82, 2.24) is 19.8 Å². The molecule has 8 nitrogen and oxygen atoms in total. The Morgan fingerprint density at radius 2 is 2.12 bits per heavy atom. The van der Waals surface area contributed by atoms with Crippen LogP contribution in [0.4, 0.5) is 9.18 Å². The zero-order valence-corrected chi connectivity index (χ0v) is 19.8. The number of β-amino-alcohol motifs (C(OH)–C–C–N with tert-alkyl or cyclic N) is 1. The van der Waals surface area contributed by atoms with Crippen molar-refractivity contribution in [3.63, 3.8) is 0 Å². The fourth-order valence-electron chi connectivity index (χ4n) is 4.16. The molecule has 176 valence electrons. The van der Waals surface area contributed by atoms with E-state index < -0.39 is 18.0 Å². The van der Waals surface area contributed by atoms with Gasteiger partial charge in [-0.15, -0.1) is 11.3 Å². The number of nitrogens with one attached hydrogen (secondary N) is 1. The lowest BCUT2D eigenvalue weighted by Gasteiger charge is -2.13. The Morgan fingerprint density at radius 1 is 1.32 bits per heavy atom. The van der Waals surface area contributed by atoms with Gasteiger partial charge in [-0.2, -0.15) is 0 Å². The molecule has 1 fully saturated rings. The number of aliphatic hydroxyl groups is 1. The average Bonchev–Trinajstić information content (AvgIpc) is 3.52. The molecule has 2 amide bonds. The van der Waals surface area contributed by atoms with Gasteiger partial charge in [0.15, 0.2) is 11.6 Å². The molecule has 1 aliphatic heterocycles. The van der Waals surface area contributed by atoms with Crippen LogP contribution in [0.5, 0.6) is 11.5 Å². The fourth-order valence-corrected chi connectivity index (χ4v) is 5.45. The molecule has 4 heterocycles. The number of fused-ring (bicyclic) bond motifs is 2. The van der Waals surface area contributed by atoms with E-state index in [4.69, 9.17) is 16.3 Å². The molecule has 0 bridgehead atoms. The number of benzene rings is 1. The second kappa shape index (κ2) is 8.53. The lowest BCUT2D eigenvalue weighted by atomic mass is 10.2. The van der Waals surface area contributed by atoms with Gasteiger partial charge < -0.3 is 20.1 Å². The Kier molecular flexibility index (Phi) is 5.67. The summed E-state index contributed by atoms with van der Waals surface area (Å²) in [5.74, 6) is -0.611. The highest BCUT2D eigenvalue weighted by Crippen LogP contribution is 2.40. The first-order valence-corrected chi connectivity index (χ1v) is 11.7. The summed E-state index contributed by atoms with van der Waals surface area (Å²) in [6.07, 6.45) is 1.56. The van der Waals surface area contributed by atoms with Crippen LogP contribution in [0, 0.1) is 12.7 Å². The number of likely N-dealkylation sites (tertiary alicyclic amines) is 1. The molecule has 1 atom stereocenters. The number of thiophene rings is 1. The third-order valence-corrected chi connectivity index (χ3v) is 7.46. The van der Waals surface area contributed by atoms with Crippen molar-refractivity contribution in [2.45, 2.75) is 19.4 Å². The molecule has 0 spiro atoms. The summed E-state index contributed by atoms with van der Waals surface area (Å²) in [4.78, 5) is 31.5. The second-order valence-corrected chi connectivity index (χ2v) is 9.42. The number of carbonyl (C=O) groups is 2. The van der Waals surface area contributed by atoms with Gasteiger partial charge in [0.2, 0.25) is 0 Å². The van der Waals surface area contributed by atoms with Crippen LogP contribution in [-0.2, 0) is 0 Å². The molecule has 1 aliphatic rings. The van der Waals surface area contributed by atoms with Gasteiger partial charge in [-0.1, -0.05) is 11.6 Å². The van der Waals surface area contributed by atoms with Gasteiger partial charge in [0.05, 0.1) is 37.1 Å². The van der Waals surface area contributed by atoms with E-state index in [2.05, 4.69) is 10.3 Å². The lowest BCUT2D eigenvalue weighted by Crippen LogP contribution is -2.28. The minimum absolute atomic E-state index is 0.0695. The van der Waals surface area contributed by atoms with Crippen LogP contribution in [0.3, 0.4) is 0 Å². The van der Waals surface area contributed by atoms with E-state index in [-0.39, 0.29) is 22.1 Å². The highest BCUT2D eigenvalue weighted by molar-refractivity contribution is 7.21. The predicted molar refractivity (Wildman–Crippen MR) is 128 cm³/mol. The van der Waals surface area contributed by atoms with Crippen LogP contribution in [0.1, 0.15) is 21.8 Å². The Balaban J connectivity index is 1.53. The number of amides is 2. The number of aromatic nitrogens is 2. The van der Waals surface area contributed by atoms with Gasteiger partial charge >= 0.3 is 6.03 Å². The van der Waals surface area contributed by atoms with Crippen molar-refractivity contribution in [3.05, 3.63) is 51.9 Å². The van der Waals surface area contributed by atoms with Gasteiger partial charge in [-0.05, 0) is 31.5 Å². The van der Waals surface area contributed by atoms with Crippen molar-refractivity contribution in [3.8, 4) is 11.5 Å². The molecule has 0 aliphatic carbocycles. The molecule has 0 saturated carbocycles. The van der Waals surface area contributed by atoms with Crippen LogP contribution < -0.4 is 10.1 Å². The largest absolute Gasteiger partial charge is 0.453 e.